The van der Waals surface area contributed by atoms with E-state index in [1.54, 1.807) is 12.4 Å². The molecule has 0 saturated heterocycles. The van der Waals surface area contributed by atoms with Crippen molar-refractivity contribution in [1.29, 1.82) is 0 Å². The molecule has 0 spiro atoms. The lowest BCUT2D eigenvalue weighted by molar-refractivity contribution is 0.241. The highest BCUT2D eigenvalue weighted by Crippen LogP contribution is 2.27. The number of ether oxygens (including phenoxy) is 1. The minimum atomic E-state index is 0.129. The minimum absolute atomic E-state index is 0.129. The van der Waals surface area contributed by atoms with Crippen LogP contribution in [0.1, 0.15) is 20.8 Å². The van der Waals surface area contributed by atoms with Crippen LogP contribution in [0.5, 0.6) is 5.75 Å². The van der Waals surface area contributed by atoms with E-state index in [1.165, 1.54) is 11.7 Å². The van der Waals surface area contributed by atoms with Crippen LogP contribution in [0.25, 0.3) is 11.3 Å². The molecular weight excluding hydrogens is 248 g/mol. The normalized spacial score (nSPS) is 10.7. The first-order chi connectivity index (χ1) is 8.70. The number of pyridine rings is 1. The number of anilines is 1. The van der Waals surface area contributed by atoms with Crippen molar-refractivity contribution >= 4 is 17.5 Å². The first-order valence-corrected chi connectivity index (χ1v) is 6.62. The van der Waals surface area contributed by atoms with Crippen molar-refractivity contribution in [2.75, 3.05) is 11.9 Å². The Balaban J connectivity index is 2.29. The Bertz CT molecular complexity index is 512. The van der Waals surface area contributed by atoms with E-state index in [4.69, 9.17) is 4.74 Å². The molecule has 2 aromatic heterocycles. The second kappa shape index (κ2) is 5.77. The highest BCUT2D eigenvalue weighted by molar-refractivity contribution is 6.99. The van der Waals surface area contributed by atoms with E-state index in [0.717, 1.165) is 29.4 Å². The Morgan fingerprint density at radius 2 is 2.17 bits per heavy atom. The van der Waals surface area contributed by atoms with Gasteiger partial charge in [-0.3, -0.25) is 4.98 Å². The molecule has 0 fully saturated rings. The molecule has 0 aliphatic heterocycles. The predicted octanol–water partition coefficient (Wildman–Crippen LogP) is 2.82. The summed E-state index contributed by atoms with van der Waals surface area (Å²) in [5.41, 5.74) is 1.74. The zero-order valence-electron chi connectivity index (χ0n) is 10.7. The highest BCUT2D eigenvalue weighted by atomic mass is 32.1. The van der Waals surface area contributed by atoms with Crippen LogP contribution in [0, 0.1) is 0 Å². The number of aromatic nitrogens is 3. The third-order valence-corrected chi connectivity index (χ3v) is 2.72. The summed E-state index contributed by atoms with van der Waals surface area (Å²) in [6.07, 6.45) is 3.60. The van der Waals surface area contributed by atoms with E-state index in [0.29, 0.717) is 0 Å². The minimum Gasteiger partial charge on any atom is -0.489 e. The zero-order chi connectivity index (χ0) is 13.0. The molecule has 0 radical (unpaired) electrons. The molecule has 0 saturated carbocycles. The van der Waals surface area contributed by atoms with Gasteiger partial charge in [-0.25, -0.2) is 0 Å². The van der Waals surface area contributed by atoms with Crippen molar-refractivity contribution in [2.45, 2.75) is 26.9 Å². The summed E-state index contributed by atoms with van der Waals surface area (Å²) in [4.78, 5) is 4.18. The summed E-state index contributed by atoms with van der Waals surface area (Å²) in [7, 11) is 0. The van der Waals surface area contributed by atoms with E-state index in [-0.39, 0.29) is 6.10 Å². The van der Waals surface area contributed by atoms with Gasteiger partial charge < -0.3 is 10.1 Å². The van der Waals surface area contributed by atoms with Gasteiger partial charge in [0.2, 0.25) is 0 Å². The fraction of sp³-hybridized carbons (Fsp3) is 0.417. The second-order valence-corrected chi connectivity index (χ2v) is 4.60. The quantitative estimate of drug-likeness (QED) is 0.899. The summed E-state index contributed by atoms with van der Waals surface area (Å²) in [5, 5.41) is 3.18. The topological polar surface area (TPSA) is 59.9 Å². The highest BCUT2D eigenvalue weighted by Gasteiger charge is 2.11. The van der Waals surface area contributed by atoms with Crippen LogP contribution in [-0.4, -0.2) is 26.4 Å². The third-order valence-electron chi connectivity index (χ3n) is 2.19. The van der Waals surface area contributed by atoms with Crippen molar-refractivity contribution in [3.8, 4) is 17.0 Å². The molecule has 0 aliphatic rings. The van der Waals surface area contributed by atoms with Gasteiger partial charge in [0.15, 0.2) is 5.82 Å². The van der Waals surface area contributed by atoms with Gasteiger partial charge in [0.05, 0.1) is 24.0 Å². The Labute approximate surface area is 111 Å². The van der Waals surface area contributed by atoms with Crippen LogP contribution < -0.4 is 10.1 Å². The molecular formula is C12H16N4OS. The molecule has 0 atom stereocenters. The fourth-order valence-corrected chi connectivity index (χ4v) is 2.09. The molecule has 2 heterocycles. The number of nitrogens with zero attached hydrogens (tertiary/aromatic N) is 3. The lowest BCUT2D eigenvalue weighted by Crippen LogP contribution is -2.05. The summed E-state index contributed by atoms with van der Waals surface area (Å²) in [6.45, 7) is 6.82. The van der Waals surface area contributed by atoms with E-state index >= 15 is 0 Å². The molecule has 0 amide bonds. The number of hydrogen-bond acceptors (Lipinski definition) is 6. The molecule has 5 nitrogen and oxygen atoms in total. The number of rotatable bonds is 5. The maximum absolute atomic E-state index is 5.63. The molecule has 0 aromatic carbocycles. The van der Waals surface area contributed by atoms with Crippen LogP contribution in [0.15, 0.2) is 18.5 Å². The predicted molar refractivity (Wildman–Crippen MR) is 73.1 cm³/mol. The first-order valence-electron chi connectivity index (χ1n) is 5.89. The van der Waals surface area contributed by atoms with Crippen LogP contribution in [0.4, 0.5) is 5.82 Å². The monoisotopic (exact) mass is 264 g/mol. The van der Waals surface area contributed by atoms with Gasteiger partial charge in [-0.05, 0) is 26.8 Å². The summed E-state index contributed by atoms with van der Waals surface area (Å²) >= 11 is 1.19. The molecule has 96 valence electrons. The van der Waals surface area contributed by atoms with Gasteiger partial charge in [0, 0.05) is 18.3 Å². The first kappa shape index (κ1) is 12.8. The van der Waals surface area contributed by atoms with Crippen LogP contribution in [0.3, 0.4) is 0 Å². The largest absolute Gasteiger partial charge is 0.489 e. The van der Waals surface area contributed by atoms with E-state index < -0.39 is 0 Å². The van der Waals surface area contributed by atoms with Crippen LogP contribution in [0.2, 0.25) is 0 Å². The number of nitrogens with one attached hydrogen (secondary N) is 1. The molecule has 2 aromatic rings. The van der Waals surface area contributed by atoms with Gasteiger partial charge in [-0.2, -0.15) is 8.75 Å². The van der Waals surface area contributed by atoms with Gasteiger partial charge in [-0.15, -0.1) is 0 Å². The summed E-state index contributed by atoms with van der Waals surface area (Å²) in [5.74, 6) is 1.55. The molecule has 0 aliphatic carbocycles. The van der Waals surface area contributed by atoms with E-state index in [9.17, 15) is 0 Å². The molecule has 6 heteroatoms. The fourth-order valence-electron chi connectivity index (χ4n) is 1.55. The van der Waals surface area contributed by atoms with Gasteiger partial charge >= 0.3 is 0 Å². The second-order valence-electron chi connectivity index (χ2n) is 4.07. The third kappa shape index (κ3) is 2.95. The maximum atomic E-state index is 5.63. The Morgan fingerprint density at radius 1 is 1.33 bits per heavy atom. The lowest BCUT2D eigenvalue weighted by Gasteiger charge is -2.10. The molecule has 2 rings (SSSR count). The van der Waals surface area contributed by atoms with Crippen molar-refractivity contribution < 1.29 is 4.74 Å². The SMILES string of the molecule is CCNc1nsnc1-c1cncc(OC(C)C)c1. The molecule has 18 heavy (non-hydrogen) atoms. The Hall–Kier alpha value is -1.69. The van der Waals surface area contributed by atoms with Gasteiger partial charge in [-0.1, -0.05) is 0 Å². The van der Waals surface area contributed by atoms with Crippen molar-refractivity contribution in [3.05, 3.63) is 18.5 Å². The average molecular weight is 264 g/mol. The molecule has 0 unspecified atom stereocenters. The number of hydrogen-bond donors (Lipinski definition) is 1. The van der Waals surface area contributed by atoms with E-state index in [1.807, 2.05) is 26.8 Å². The zero-order valence-corrected chi connectivity index (χ0v) is 11.5. The average Bonchev–Trinajstić information content (AvgIpc) is 2.77. The summed E-state index contributed by atoms with van der Waals surface area (Å²) in [6, 6.07) is 1.94. The van der Waals surface area contributed by atoms with E-state index in [2.05, 4.69) is 19.0 Å². The van der Waals surface area contributed by atoms with Crippen LogP contribution in [-0.2, 0) is 0 Å². The molecule has 1 N–H and O–H groups in total. The van der Waals surface area contributed by atoms with Gasteiger partial charge in [0.1, 0.15) is 11.4 Å². The summed E-state index contributed by atoms with van der Waals surface area (Å²) < 4.78 is 14.1. The van der Waals surface area contributed by atoms with Crippen molar-refractivity contribution in [3.63, 3.8) is 0 Å². The van der Waals surface area contributed by atoms with Crippen molar-refractivity contribution in [1.82, 2.24) is 13.7 Å². The molecule has 0 bridgehead atoms. The lowest BCUT2D eigenvalue weighted by atomic mass is 10.2. The standard InChI is InChI=1S/C12H16N4OS/c1-4-14-12-11(15-18-16-12)9-5-10(7-13-6-9)17-8(2)3/h5-8H,4H2,1-3H3,(H,14,16). The Morgan fingerprint density at radius 3 is 2.89 bits per heavy atom. The maximum Gasteiger partial charge on any atom is 0.168 e. The van der Waals surface area contributed by atoms with Crippen LogP contribution >= 0.6 is 11.7 Å². The van der Waals surface area contributed by atoms with Crippen molar-refractivity contribution in [2.24, 2.45) is 0 Å². The Kier molecular flexibility index (Phi) is 4.09. The van der Waals surface area contributed by atoms with Gasteiger partial charge in [0.25, 0.3) is 0 Å². The smallest absolute Gasteiger partial charge is 0.168 e.